The monoisotopic (exact) mass is 258 g/mol. The van der Waals surface area contributed by atoms with E-state index >= 15 is 0 Å². The first-order chi connectivity index (χ1) is 8.05. The van der Waals surface area contributed by atoms with Crippen molar-refractivity contribution >= 4 is 11.8 Å². The molecule has 3 heteroatoms. The molecular formula is C14H30N2S. The molecule has 0 bridgehead atoms. The van der Waals surface area contributed by atoms with Crippen molar-refractivity contribution in [1.29, 1.82) is 0 Å². The molecule has 0 spiro atoms. The van der Waals surface area contributed by atoms with Crippen LogP contribution in [0.5, 0.6) is 0 Å². The van der Waals surface area contributed by atoms with E-state index in [2.05, 4.69) is 44.4 Å². The van der Waals surface area contributed by atoms with E-state index in [1.165, 1.54) is 38.0 Å². The summed E-state index contributed by atoms with van der Waals surface area (Å²) in [7, 11) is 0. The third-order valence-corrected chi connectivity index (χ3v) is 5.67. The van der Waals surface area contributed by atoms with Gasteiger partial charge in [-0.15, -0.1) is 0 Å². The minimum Gasteiger partial charge on any atom is -0.329 e. The third kappa shape index (κ3) is 3.87. The summed E-state index contributed by atoms with van der Waals surface area (Å²) < 4.78 is 0. The first-order valence-electron chi connectivity index (χ1n) is 7.13. The molecule has 3 atom stereocenters. The summed E-state index contributed by atoms with van der Waals surface area (Å²) in [5.41, 5.74) is 6.29. The quantitative estimate of drug-likeness (QED) is 0.742. The molecule has 2 nitrogen and oxygen atoms in total. The molecule has 0 aromatic heterocycles. The Morgan fingerprint density at radius 1 is 1.35 bits per heavy atom. The second-order valence-electron chi connectivity index (χ2n) is 5.67. The fourth-order valence-electron chi connectivity index (χ4n) is 2.81. The van der Waals surface area contributed by atoms with Gasteiger partial charge < -0.3 is 5.73 Å². The summed E-state index contributed by atoms with van der Waals surface area (Å²) in [6.07, 6.45) is 5.19. The Bertz CT molecular complexity index is 222. The van der Waals surface area contributed by atoms with Crippen LogP contribution in [-0.4, -0.2) is 40.6 Å². The number of hydrogen-bond donors (Lipinski definition) is 1. The van der Waals surface area contributed by atoms with E-state index in [0.717, 1.165) is 11.8 Å². The van der Waals surface area contributed by atoms with Crippen LogP contribution in [0.4, 0.5) is 0 Å². The van der Waals surface area contributed by atoms with E-state index in [4.69, 9.17) is 5.73 Å². The van der Waals surface area contributed by atoms with Gasteiger partial charge in [-0.05, 0) is 20.3 Å². The highest BCUT2D eigenvalue weighted by Crippen LogP contribution is 2.32. The van der Waals surface area contributed by atoms with Crippen LogP contribution in [-0.2, 0) is 0 Å². The van der Waals surface area contributed by atoms with Gasteiger partial charge >= 0.3 is 0 Å². The van der Waals surface area contributed by atoms with Crippen molar-refractivity contribution in [3.8, 4) is 0 Å². The maximum absolute atomic E-state index is 6.08. The Labute approximate surface area is 112 Å². The van der Waals surface area contributed by atoms with Crippen molar-refractivity contribution in [3.63, 3.8) is 0 Å². The fraction of sp³-hybridized carbons (Fsp3) is 1.00. The number of rotatable bonds is 6. The molecule has 1 fully saturated rings. The topological polar surface area (TPSA) is 29.3 Å². The molecule has 1 aliphatic rings. The van der Waals surface area contributed by atoms with Crippen molar-refractivity contribution in [2.45, 2.75) is 70.2 Å². The van der Waals surface area contributed by atoms with E-state index in [0.29, 0.717) is 6.04 Å². The van der Waals surface area contributed by atoms with Gasteiger partial charge in [0.05, 0.1) is 0 Å². The molecule has 0 amide bonds. The Morgan fingerprint density at radius 3 is 2.65 bits per heavy atom. The van der Waals surface area contributed by atoms with Crippen molar-refractivity contribution in [1.82, 2.24) is 4.90 Å². The van der Waals surface area contributed by atoms with Gasteiger partial charge in [0, 0.05) is 35.7 Å². The van der Waals surface area contributed by atoms with Gasteiger partial charge in [0.1, 0.15) is 0 Å². The summed E-state index contributed by atoms with van der Waals surface area (Å²) in [6.45, 7) is 11.3. The largest absolute Gasteiger partial charge is 0.329 e. The normalized spacial score (nSPS) is 30.2. The lowest BCUT2D eigenvalue weighted by molar-refractivity contribution is 0.0621. The number of thioether (sulfide) groups is 1. The molecule has 1 saturated heterocycles. The molecule has 2 N–H and O–H groups in total. The van der Waals surface area contributed by atoms with Gasteiger partial charge in [0.15, 0.2) is 0 Å². The number of hydrogen-bond acceptors (Lipinski definition) is 3. The zero-order valence-electron chi connectivity index (χ0n) is 12.0. The van der Waals surface area contributed by atoms with Crippen LogP contribution in [0.1, 0.15) is 53.4 Å². The van der Waals surface area contributed by atoms with E-state index in [1.54, 1.807) is 0 Å². The summed E-state index contributed by atoms with van der Waals surface area (Å²) in [5, 5.41) is 0.737. The molecule has 3 unspecified atom stereocenters. The number of unbranched alkanes of at least 4 members (excludes halogenated alkanes) is 2. The SMILES string of the molecule is CCCCCC(C)(CN)N1CCSC(C)C1C. The smallest absolute Gasteiger partial charge is 0.0307 e. The van der Waals surface area contributed by atoms with Crippen LogP contribution in [0, 0.1) is 0 Å². The van der Waals surface area contributed by atoms with Crippen LogP contribution in [0.2, 0.25) is 0 Å². The highest BCUT2D eigenvalue weighted by atomic mass is 32.2. The molecule has 102 valence electrons. The van der Waals surface area contributed by atoms with Gasteiger partial charge in [-0.25, -0.2) is 0 Å². The van der Waals surface area contributed by atoms with Crippen LogP contribution >= 0.6 is 11.8 Å². The Morgan fingerprint density at radius 2 is 2.06 bits per heavy atom. The average Bonchev–Trinajstić information content (AvgIpc) is 2.33. The molecule has 1 heterocycles. The molecule has 0 aliphatic carbocycles. The standard InChI is InChI=1S/C14H30N2S/c1-5-6-7-8-14(4,11-15)16-9-10-17-13(3)12(16)2/h12-13H,5-11,15H2,1-4H3. The Balaban J connectivity index is 2.63. The Kier molecular flexibility index (Phi) is 6.32. The predicted octanol–water partition coefficient (Wildman–Crippen LogP) is 3.11. The molecule has 0 saturated carbocycles. The predicted molar refractivity (Wildman–Crippen MR) is 79.7 cm³/mol. The maximum Gasteiger partial charge on any atom is 0.0307 e. The second-order valence-corrected chi connectivity index (χ2v) is 7.15. The summed E-state index contributed by atoms with van der Waals surface area (Å²) >= 11 is 2.10. The zero-order chi connectivity index (χ0) is 12.9. The lowest BCUT2D eigenvalue weighted by atomic mass is 9.90. The van der Waals surface area contributed by atoms with E-state index in [9.17, 15) is 0 Å². The second kappa shape index (κ2) is 7.01. The highest BCUT2D eigenvalue weighted by molar-refractivity contribution is 8.00. The molecule has 0 aromatic rings. The molecule has 1 rings (SSSR count). The van der Waals surface area contributed by atoms with Gasteiger partial charge in [0.25, 0.3) is 0 Å². The Hall–Kier alpha value is 0.270. The van der Waals surface area contributed by atoms with Crippen LogP contribution in [0.15, 0.2) is 0 Å². The van der Waals surface area contributed by atoms with Crippen LogP contribution < -0.4 is 5.73 Å². The number of nitrogens with zero attached hydrogens (tertiary/aromatic N) is 1. The van der Waals surface area contributed by atoms with Crippen molar-refractivity contribution in [2.24, 2.45) is 5.73 Å². The number of nitrogens with two attached hydrogens (primary N) is 1. The summed E-state index contributed by atoms with van der Waals surface area (Å²) in [4.78, 5) is 2.67. The maximum atomic E-state index is 6.08. The molecule has 0 aromatic carbocycles. The molecular weight excluding hydrogens is 228 g/mol. The molecule has 1 aliphatic heterocycles. The summed E-state index contributed by atoms with van der Waals surface area (Å²) in [6, 6.07) is 0.656. The van der Waals surface area contributed by atoms with Crippen molar-refractivity contribution in [2.75, 3.05) is 18.8 Å². The molecule has 17 heavy (non-hydrogen) atoms. The lowest BCUT2D eigenvalue weighted by Gasteiger charge is -2.49. The van der Waals surface area contributed by atoms with Crippen molar-refractivity contribution < 1.29 is 0 Å². The van der Waals surface area contributed by atoms with Crippen LogP contribution in [0.25, 0.3) is 0 Å². The highest BCUT2D eigenvalue weighted by Gasteiger charge is 2.37. The van der Waals surface area contributed by atoms with Crippen molar-refractivity contribution in [3.05, 3.63) is 0 Å². The minimum absolute atomic E-state index is 0.212. The van der Waals surface area contributed by atoms with Gasteiger partial charge in [0.2, 0.25) is 0 Å². The third-order valence-electron chi connectivity index (χ3n) is 4.34. The first-order valence-corrected chi connectivity index (χ1v) is 8.18. The van der Waals surface area contributed by atoms with E-state index in [1.807, 2.05) is 0 Å². The van der Waals surface area contributed by atoms with E-state index < -0.39 is 0 Å². The minimum atomic E-state index is 0.212. The first kappa shape index (κ1) is 15.3. The zero-order valence-corrected chi connectivity index (χ0v) is 12.9. The average molecular weight is 258 g/mol. The van der Waals surface area contributed by atoms with Gasteiger partial charge in [-0.3, -0.25) is 4.90 Å². The lowest BCUT2D eigenvalue weighted by Crippen LogP contribution is -2.59. The fourth-order valence-corrected chi connectivity index (χ4v) is 3.91. The summed E-state index contributed by atoms with van der Waals surface area (Å²) in [5.74, 6) is 1.26. The van der Waals surface area contributed by atoms with Crippen LogP contribution in [0.3, 0.4) is 0 Å². The molecule has 0 radical (unpaired) electrons. The van der Waals surface area contributed by atoms with E-state index in [-0.39, 0.29) is 5.54 Å². The van der Waals surface area contributed by atoms with Gasteiger partial charge in [-0.2, -0.15) is 11.8 Å². The van der Waals surface area contributed by atoms with Gasteiger partial charge in [-0.1, -0.05) is 33.1 Å².